The van der Waals surface area contributed by atoms with E-state index in [9.17, 15) is 9.90 Å². The van der Waals surface area contributed by atoms with Gasteiger partial charge in [0.15, 0.2) is 5.96 Å². The molecule has 0 bridgehead atoms. The molecule has 0 radical (unpaired) electrons. The molecule has 136 valence electrons. The van der Waals surface area contributed by atoms with Crippen LogP contribution in [0.3, 0.4) is 0 Å². The second kappa shape index (κ2) is 12.2. The third-order valence-electron chi connectivity index (χ3n) is 3.40. The van der Waals surface area contributed by atoms with E-state index in [4.69, 9.17) is 0 Å². The lowest BCUT2D eigenvalue weighted by molar-refractivity contribution is -0.121. The standard InChI is InChI=1S/C17H36N4O2/c1-6-10-17(23,11-7-2)13-20-16(18-8-3)19-12-9-15(22)21-14(4)5/h14,23H,6-13H2,1-5H3,(H,21,22)(H2,18,19,20). The number of rotatable bonds is 11. The quantitative estimate of drug-likeness (QED) is 0.344. The van der Waals surface area contributed by atoms with Crippen LogP contribution in [0.5, 0.6) is 0 Å². The molecule has 0 aromatic heterocycles. The smallest absolute Gasteiger partial charge is 0.221 e. The Morgan fingerprint density at radius 3 is 2.22 bits per heavy atom. The summed E-state index contributed by atoms with van der Waals surface area (Å²) in [5.41, 5.74) is -0.735. The number of hydrogen-bond donors (Lipinski definition) is 4. The van der Waals surface area contributed by atoms with Crippen LogP contribution in [0.25, 0.3) is 0 Å². The molecule has 1 amide bonds. The van der Waals surface area contributed by atoms with Crippen molar-refractivity contribution in [3.8, 4) is 0 Å². The number of nitrogens with zero attached hydrogens (tertiary/aromatic N) is 1. The molecule has 0 heterocycles. The maximum Gasteiger partial charge on any atom is 0.221 e. The largest absolute Gasteiger partial charge is 0.388 e. The molecule has 0 atom stereocenters. The molecule has 0 aliphatic rings. The molecule has 0 aromatic carbocycles. The highest BCUT2D eigenvalue weighted by Gasteiger charge is 2.24. The van der Waals surface area contributed by atoms with E-state index in [-0.39, 0.29) is 11.9 Å². The van der Waals surface area contributed by atoms with Crippen molar-refractivity contribution in [3.63, 3.8) is 0 Å². The number of carbonyl (C=O) groups is 1. The van der Waals surface area contributed by atoms with Gasteiger partial charge in [-0.2, -0.15) is 0 Å². The van der Waals surface area contributed by atoms with Crippen LogP contribution in [0.1, 0.15) is 66.7 Å². The molecule has 0 unspecified atom stereocenters. The highest BCUT2D eigenvalue weighted by molar-refractivity contribution is 5.81. The van der Waals surface area contributed by atoms with Gasteiger partial charge in [0.2, 0.25) is 5.91 Å². The number of aliphatic hydroxyl groups is 1. The zero-order valence-electron chi connectivity index (χ0n) is 15.5. The summed E-state index contributed by atoms with van der Waals surface area (Å²) in [6.45, 7) is 11.7. The molecule has 0 fully saturated rings. The Morgan fingerprint density at radius 2 is 1.74 bits per heavy atom. The zero-order chi connectivity index (χ0) is 17.7. The van der Waals surface area contributed by atoms with E-state index in [1.54, 1.807) is 0 Å². The van der Waals surface area contributed by atoms with Crippen molar-refractivity contribution in [3.05, 3.63) is 0 Å². The number of hydrogen-bond acceptors (Lipinski definition) is 3. The first-order valence-electron chi connectivity index (χ1n) is 8.90. The highest BCUT2D eigenvalue weighted by Crippen LogP contribution is 2.19. The minimum Gasteiger partial charge on any atom is -0.388 e. The van der Waals surface area contributed by atoms with Gasteiger partial charge in [0.25, 0.3) is 0 Å². The molecular weight excluding hydrogens is 292 g/mol. The van der Waals surface area contributed by atoms with Gasteiger partial charge in [-0.15, -0.1) is 0 Å². The van der Waals surface area contributed by atoms with Crippen LogP contribution in [0.2, 0.25) is 0 Å². The monoisotopic (exact) mass is 328 g/mol. The second-order valence-electron chi connectivity index (χ2n) is 6.32. The number of amides is 1. The molecule has 0 rings (SSSR count). The second-order valence-corrected chi connectivity index (χ2v) is 6.32. The summed E-state index contributed by atoms with van der Waals surface area (Å²) in [7, 11) is 0. The number of carbonyl (C=O) groups excluding carboxylic acids is 1. The summed E-state index contributed by atoms with van der Waals surface area (Å²) in [5.74, 6) is 0.673. The van der Waals surface area contributed by atoms with Gasteiger partial charge in [0.1, 0.15) is 0 Å². The third kappa shape index (κ3) is 11.0. The first kappa shape index (κ1) is 21.7. The van der Waals surface area contributed by atoms with Crippen molar-refractivity contribution in [2.24, 2.45) is 4.99 Å². The van der Waals surface area contributed by atoms with Crippen molar-refractivity contribution in [2.75, 3.05) is 19.6 Å². The summed E-state index contributed by atoms with van der Waals surface area (Å²) in [6, 6.07) is 0.155. The number of nitrogens with one attached hydrogen (secondary N) is 3. The normalized spacial score (nSPS) is 12.4. The molecular formula is C17H36N4O2. The van der Waals surface area contributed by atoms with Crippen LogP contribution in [0.15, 0.2) is 4.99 Å². The lowest BCUT2D eigenvalue weighted by Crippen LogP contribution is -2.41. The molecule has 0 aliphatic heterocycles. The average Bonchev–Trinajstić information content (AvgIpc) is 2.44. The lowest BCUT2D eigenvalue weighted by Gasteiger charge is -2.26. The van der Waals surface area contributed by atoms with Gasteiger partial charge in [-0.05, 0) is 33.6 Å². The van der Waals surface area contributed by atoms with Crippen LogP contribution in [-0.2, 0) is 4.79 Å². The topological polar surface area (TPSA) is 85.8 Å². The Hall–Kier alpha value is -1.30. The van der Waals surface area contributed by atoms with Gasteiger partial charge in [0.05, 0.1) is 12.1 Å². The molecule has 0 saturated heterocycles. The van der Waals surface area contributed by atoms with Crippen LogP contribution >= 0.6 is 0 Å². The Balaban J connectivity index is 4.49. The summed E-state index contributed by atoms with van der Waals surface area (Å²) in [5, 5.41) is 19.8. The predicted octanol–water partition coefficient (Wildman–Crippen LogP) is 1.79. The van der Waals surface area contributed by atoms with Gasteiger partial charge >= 0.3 is 0 Å². The van der Waals surface area contributed by atoms with Crippen LogP contribution in [-0.4, -0.2) is 48.3 Å². The van der Waals surface area contributed by atoms with Crippen molar-refractivity contribution < 1.29 is 9.90 Å². The molecule has 0 aliphatic carbocycles. The molecule has 23 heavy (non-hydrogen) atoms. The lowest BCUT2D eigenvalue weighted by atomic mass is 9.93. The van der Waals surface area contributed by atoms with Crippen LogP contribution < -0.4 is 16.0 Å². The molecule has 0 spiro atoms. The fraction of sp³-hybridized carbons (Fsp3) is 0.882. The summed E-state index contributed by atoms with van der Waals surface area (Å²) in [6.07, 6.45) is 3.77. The van der Waals surface area contributed by atoms with Gasteiger partial charge in [0, 0.05) is 25.6 Å². The maximum atomic E-state index is 11.6. The Bertz CT molecular complexity index is 351. The molecule has 0 aromatic rings. The summed E-state index contributed by atoms with van der Waals surface area (Å²) in [4.78, 5) is 16.1. The number of guanidine groups is 1. The van der Waals surface area contributed by atoms with E-state index in [1.165, 1.54) is 0 Å². The fourth-order valence-electron chi connectivity index (χ4n) is 2.47. The van der Waals surface area contributed by atoms with Crippen molar-refractivity contribution >= 4 is 11.9 Å². The maximum absolute atomic E-state index is 11.6. The van der Waals surface area contributed by atoms with Gasteiger partial charge < -0.3 is 21.1 Å². The Kier molecular flexibility index (Phi) is 11.5. The summed E-state index contributed by atoms with van der Waals surface area (Å²) >= 11 is 0. The third-order valence-corrected chi connectivity index (χ3v) is 3.40. The van der Waals surface area contributed by atoms with Crippen molar-refractivity contribution in [2.45, 2.75) is 78.4 Å². The van der Waals surface area contributed by atoms with E-state index in [1.807, 2.05) is 20.8 Å². The highest BCUT2D eigenvalue weighted by atomic mass is 16.3. The Labute approximate surface area is 141 Å². The van der Waals surface area contributed by atoms with Crippen LogP contribution in [0, 0.1) is 0 Å². The molecule has 6 heteroatoms. The van der Waals surface area contributed by atoms with E-state index in [0.717, 1.165) is 32.2 Å². The number of aliphatic imine (C=N–C) groups is 1. The average molecular weight is 329 g/mol. The SMILES string of the molecule is CCCC(O)(CCC)CN=C(NCC)NCCC(=O)NC(C)C. The van der Waals surface area contributed by atoms with E-state index in [2.05, 4.69) is 34.8 Å². The molecule has 6 nitrogen and oxygen atoms in total. The zero-order valence-corrected chi connectivity index (χ0v) is 15.5. The first-order valence-corrected chi connectivity index (χ1v) is 8.90. The van der Waals surface area contributed by atoms with Gasteiger partial charge in [-0.3, -0.25) is 9.79 Å². The molecule has 4 N–H and O–H groups in total. The molecule has 0 saturated carbocycles. The first-order chi connectivity index (χ1) is 10.9. The van der Waals surface area contributed by atoms with Gasteiger partial charge in [-0.25, -0.2) is 0 Å². The minimum atomic E-state index is -0.735. The predicted molar refractivity (Wildman–Crippen MR) is 96.6 cm³/mol. The minimum absolute atomic E-state index is 0.0248. The summed E-state index contributed by atoms with van der Waals surface area (Å²) < 4.78 is 0. The Morgan fingerprint density at radius 1 is 1.13 bits per heavy atom. The van der Waals surface area contributed by atoms with Crippen molar-refractivity contribution in [1.82, 2.24) is 16.0 Å². The van der Waals surface area contributed by atoms with Crippen LogP contribution in [0.4, 0.5) is 0 Å². The van der Waals surface area contributed by atoms with E-state index < -0.39 is 5.60 Å². The van der Waals surface area contributed by atoms with E-state index in [0.29, 0.717) is 25.5 Å². The van der Waals surface area contributed by atoms with Crippen molar-refractivity contribution in [1.29, 1.82) is 0 Å². The van der Waals surface area contributed by atoms with Gasteiger partial charge in [-0.1, -0.05) is 26.7 Å². The fourth-order valence-corrected chi connectivity index (χ4v) is 2.47. The van der Waals surface area contributed by atoms with E-state index >= 15 is 0 Å².